The molecule has 3 aromatic rings. The quantitative estimate of drug-likeness (QED) is 0.571. The van der Waals surface area contributed by atoms with Crippen molar-refractivity contribution in [2.24, 2.45) is 0 Å². The molecule has 0 unspecified atom stereocenters. The number of amides is 2. The van der Waals surface area contributed by atoms with Crippen LogP contribution in [0.4, 0.5) is 0 Å². The summed E-state index contributed by atoms with van der Waals surface area (Å²) in [5.41, 5.74) is 2.19. The predicted molar refractivity (Wildman–Crippen MR) is 112 cm³/mol. The number of methoxy groups -OCH3 is 1. The standard InChI is InChI=1S/C23H23N3O4/c1-29-20-10-8-18(9-11-20)23(28)26-15-22(27)25-14-17-5-4-7-21(13-17)30-16-19-6-2-3-12-24-19/h2-13H,14-16H2,1H3,(H,25,27)(H,26,28). The molecule has 0 aliphatic rings. The summed E-state index contributed by atoms with van der Waals surface area (Å²) in [6.07, 6.45) is 1.72. The zero-order valence-electron chi connectivity index (χ0n) is 16.6. The fraction of sp³-hybridized carbons (Fsp3) is 0.174. The zero-order chi connectivity index (χ0) is 21.2. The number of rotatable bonds is 9. The molecule has 0 saturated carbocycles. The van der Waals surface area contributed by atoms with Gasteiger partial charge in [-0.2, -0.15) is 0 Å². The van der Waals surface area contributed by atoms with Crippen LogP contribution in [0.2, 0.25) is 0 Å². The first-order chi connectivity index (χ1) is 14.6. The van der Waals surface area contributed by atoms with Crippen LogP contribution in [0.15, 0.2) is 72.9 Å². The second kappa shape index (κ2) is 10.6. The molecule has 0 spiro atoms. The van der Waals surface area contributed by atoms with Crippen molar-refractivity contribution in [2.45, 2.75) is 13.2 Å². The Morgan fingerprint density at radius 1 is 0.933 bits per heavy atom. The van der Waals surface area contributed by atoms with Crippen LogP contribution in [0.3, 0.4) is 0 Å². The van der Waals surface area contributed by atoms with Gasteiger partial charge in [-0.15, -0.1) is 0 Å². The van der Waals surface area contributed by atoms with Gasteiger partial charge in [0.15, 0.2) is 0 Å². The topological polar surface area (TPSA) is 89.5 Å². The highest BCUT2D eigenvalue weighted by Crippen LogP contribution is 2.15. The average molecular weight is 405 g/mol. The van der Waals surface area contributed by atoms with Gasteiger partial charge in [-0.1, -0.05) is 18.2 Å². The number of aromatic nitrogens is 1. The summed E-state index contributed by atoms with van der Waals surface area (Å²) >= 11 is 0. The van der Waals surface area contributed by atoms with Crippen LogP contribution in [0.25, 0.3) is 0 Å². The minimum atomic E-state index is -0.322. The smallest absolute Gasteiger partial charge is 0.251 e. The molecule has 0 aliphatic carbocycles. The highest BCUT2D eigenvalue weighted by Gasteiger charge is 2.08. The van der Waals surface area contributed by atoms with Gasteiger partial charge < -0.3 is 20.1 Å². The Kier molecular flexibility index (Phi) is 7.38. The third-order valence-electron chi connectivity index (χ3n) is 4.26. The van der Waals surface area contributed by atoms with E-state index in [2.05, 4.69) is 15.6 Å². The second-order valence-electron chi connectivity index (χ2n) is 6.45. The normalized spacial score (nSPS) is 10.2. The number of nitrogens with one attached hydrogen (secondary N) is 2. The SMILES string of the molecule is COc1ccc(C(=O)NCC(=O)NCc2cccc(OCc3ccccn3)c2)cc1. The highest BCUT2D eigenvalue weighted by molar-refractivity contribution is 5.96. The van der Waals surface area contributed by atoms with Crippen LogP contribution in [-0.2, 0) is 17.9 Å². The molecule has 0 fully saturated rings. The lowest BCUT2D eigenvalue weighted by Gasteiger charge is -2.10. The van der Waals surface area contributed by atoms with Crippen molar-refractivity contribution in [1.29, 1.82) is 0 Å². The fourth-order valence-electron chi connectivity index (χ4n) is 2.65. The third-order valence-corrected chi connectivity index (χ3v) is 4.26. The Hall–Kier alpha value is -3.87. The first-order valence-corrected chi connectivity index (χ1v) is 9.44. The summed E-state index contributed by atoms with van der Waals surface area (Å²) < 4.78 is 10.8. The minimum absolute atomic E-state index is 0.110. The Bertz CT molecular complexity index is 975. The van der Waals surface area contributed by atoms with Crippen LogP contribution < -0.4 is 20.1 Å². The van der Waals surface area contributed by atoms with Crippen LogP contribution >= 0.6 is 0 Å². The predicted octanol–water partition coefficient (Wildman–Crippen LogP) is 2.72. The maximum Gasteiger partial charge on any atom is 0.251 e. The van der Waals surface area contributed by atoms with E-state index >= 15 is 0 Å². The number of hydrogen-bond donors (Lipinski definition) is 2. The van der Waals surface area contributed by atoms with E-state index in [1.54, 1.807) is 37.6 Å². The molecule has 0 aliphatic heterocycles. The number of ether oxygens (including phenoxy) is 2. The summed E-state index contributed by atoms with van der Waals surface area (Å²) in [5.74, 6) is 0.755. The number of nitrogens with zero attached hydrogens (tertiary/aromatic N) is 1. The van der Waals surface area contributed by atoms with E-state index in [0.29, 0.717) is 30.2 Å². The van der Waals surface area contributed by atoms with Crippen LogP contribution in [-0.4, -0.2) is 30.5 Å². The van der Waals surface area contributed by atoms with Crippen molar-refractivity contribution in [2.75, 3.05) is 13.7 Å². The van der Waals surface area contributed by atoms with E-state index in [1.807, 2.05) is 42.5 Å². The summed E-state index contributed by atoms with van der Waals surface area (Å²) in [4.78, 5) is 28.4. The van der Waals surface area contributed by atoms with Gasteiger partial charge >= 0.3 is 0 Å². The van der Waals surface area contributed by atoms with Gasteiger partial charge in [0.25, 0.3) is 5.91 Å². The van der Waals surface area contributed by atoms with Gasteiger partial charge in [-0.05, 0) is 54.1 Å². The molecular weight excluding hydrogens is 382 g/mol. The number of pyridine rings is 1. The largest absolute Gasteiger partial charge is 0.497 e. The number of carbonyl (C=O) groups excluding carboxylic acids is 2. The van der Waals surface area contributed by atoms with E-state index in [9.17, 15) is 9.59 Å². The van der Waals surface area contributed by atoms with Crippen molar-refractivity contribution in [3.8, 4) is 11.5 Å². The molecular formula is C23H23N3O4. The van der Waals surface area contributed by atoms with Crippen molar-refractivity contribution in [3.63, 3.8) is 0 Å². The molecule has 0 bridgehead atoms. The molecule has 7 nitrogen and oxygen atoms in total. The second-order valence-corrected chi connectivity index (χ2v) is 6.45. The molecule has 2 aromatic carbocycles. The molecule has 30 heavy (non-hydrogen) atoms. The lowest BCUT2D eigenvalue weighted by molar-refractivity contribution is -0.120. The summed E-state index contributed by atoms with van der Waals surface area (Å²) in [6.45, 7) is 0.590. The maximum absolute atomic E-state index is 12.1. The van der Waals surface area contributed by atoms with E-state index in [-0.39, 0.29) is 18.4 Å². The van der Waals surface area contributed by atoms with Gasteiger partial charge in [0.05, 0.1) is 19.3 Å². The Morgan fingerprint density at radius 3 is 2.50 bits per heavy atom. The van der Waals surface area contributed by atoms with Crippen LogP contribution in [0.1, 0.15) is 21.6 Å². The number of benzene rings is 2. The first kappa shape index (κ1) is 20.9. The highest BCUT2D eigenvalue weighted by atomic mass is 16.5. The molecule has 3 rings (SSSR count). The first-order valence-electron chi connectivity index (χ1n) is 9.44. The maximum atomic E-state index is 12.1. The van der Waals surface area contributed by atoms with Crippen LogP contribution in [0.5, 0.6) is 11.5 Å². The molecule has 0 atom stereocenters. The summed E-state index contributed by atoms with van der Waals surface area (Å²) in [5, 5.41) is 5.38. The van der Waals surface area contributed by atoms with Gasteiger partial charge in [-0.3, -0.25) is 14.6 Å². The molecule has 0 saturated heterocycles. The summed E-state index contributed by atoms with van der Waals surface area (Å²) in [6, 6.07) is 19.8. The third kappa shape index (κ3) is 6.34. The fourth-order valence-corrected chi connectivity index (χ4v) is 2.65. The van der Waals surface area contributed by atoms with Crippen molar-refractivity contribution in [1.82, 2.24) is 15.6 Å². The minimum Gasteiger partial charge on any atom is -0.497 e. The van der Waals surface area contributed by atoms with Crippen molar-refractivity contribution >= 4 is 11.8 Å². The van der Waals surface area contributed by atoms with Crippen LogP contribution in [0, 0.1) is 0 Å². The average Bonchev–Trinajstić information content (AvgIpc) is 2.81. The Balaban J connectivity index is 1.43. The summed E-state index contributed by atoms with van der Waals surface area (Å²) in [7, 11) is 1.56. The van der Waals surface area contributed by atoms with Gasteiger partial charge in [0, 0.05) is 18.3 Å². The lowest BCUT2D eigenvalue weighted by Crippen LogP contribution is -2.36. The van der Waals surface area contributed by atoms with E-state index in [1.165, 1.54) is 0 Å². The van der Waals surface area contributed by atoms with E-state index in [4.69, 9.17) is 9.47 Å². The number of hydrogen-bond acceptors (Lipinski definition) is 5. The molecule has 1 aromatic heterocycles. The lowest BCUT2D eigenvalue weighted by atomic mass is 10.2. The molecule has 7 heteroatoms. The molecule has 2 amide bonds. The molecule has 154 valence electrons. The van der Waals surface area contributed by atoms with E-state index < -0.39 is 0 Å². The van der Waals surface area contributed by atoms with Crippen molar-refractivity contribution in [3.05, 3.63) is 89.7 Å². The number of carbonyl (C=O) groups is 2. The Labute approximate surface area is 175 Å². The Morgan fingerprint density at radius 2 is 1.77 bits per heavy atom. The zero-order valence-corrected chi connectivity index (χ0v) is 16.6. The molecule has 0 radical (unpaired) electrons. The molecule has 1 heterocycles. The monoisotopic (exact) mass is 405 g/mol. The van der Waals surface area contributed by atoms with Crippen molar-refractivity contribution < 1.29 is 19.1 Å². The van der Waals surface area contributed by atoms with Gasteiger partial charge in [-0.25, -0.2) is 0 Å². The van der Waals surface area contributed by atoms with Gasteiger partial charge in [0.1, 0.15) is 18.1 Å². The van der Waals surface area contributed by atoms with E-state index in [0.717, 1.165) is 11.3 Å². The van der Waals surface area contributed by atoms with Gasteiger partial charge in [0.2, 0.25) is 5.91 Å². The molecule has 2 N–H and O–H groups in total.